The molecular formula is C21H16ClN5O4. The largest absolute Gasteiger partial charge is 0.494 e. The van der Waals surface area contributed by atoms with Gasteiger partial charge in [-0.3, -0.25) is 15.2 Å². The van der Waals surface area contributed by atoms with Gasteiger partial charge < -0.3 is 15.2 Å². The summed E-state index contributed by atoms with van der Waals surface area (Å²) in [6.45, 7) is 2.44. The van der Waals surface area contributed by atoms with Crippen molar-refractivity contribution in [1.29, 1.82) is 5.26 Å². The fraction of sp³-hybridized carbons (Fsp3) is 0.143. The Morgan fingerprint density at radius 2 is 2.10 bits per heavy atom. The number of nitrogens with two attached hydrogens (primary N) is 1. The van der Waals surface area contributed by atoms with Crippen LogP contribution in [0.2, 0.25) is 5.02 Å². The summed E-state index contributed by atoms with van der Waals surface area (Å²) in [5.41, 5.74) is 8.20. The number of nitro benzene ring substituents is 1. The van der Waals surface area contributed by atoms with Gasteiger partial charge in [-0.25, -0.2) is 0 Å². The molecule has 0 aliphatic carbocycles. The highest BCUT2D eigenvalue weighted by atomic mass is 35.5. The molecule has 3 aromatic rings. The third-order valence-corrected chi connectivity index (χ3v) is 5.21. The van der Waals surface area contributed by atoms with Crippen LogP contribution in [0.1, 0.15) is 24.0 Å². The van der Waals surface area contributed by atoms with Crippen molar-refractivity contribution in [1.82, 2.24) is 10.2 Å². The van der Waals surface area contributed by atoms with Gasteiger partial charge in [-0.2, -0.15) is 5.26 Å². The molecule has 0 saturated heterocycles. The molecule has 10 heteroatoms. The molecule has 2 heterocycles. The van der Waals surface area contributed by atoms with Gasteiger partial charge in [0.05, 0.1) is 28.7 Å². The van der Waals surface area contributed by atoms with Crippen LogP contribution in [-0.2, 0) is 0 Å². The van der Waals surface area contributed by atoms with Gasteiger partial charge in [0, 0.05) is 11.6 Å². The number of H-pyrrole nitrogens is 1. The van der Waals surface area contributed by atoms with Gasteiger partial charge in [0.1, 0.15) is 22.4 Å². The minimum atomic E-state index is -0.731. The van der Waals surface area contributed by atoms with Crippen LogP contribution < -0.4 is 15.2 Å². The molecule has 0 spiro atoms. The Morgan fingerprint density at radius 1 is 1.35 bits per heavy atom. The van der Waals surface area contributed by atoms with Crippen LogP contribution in [-0.4, -0.2) is 21.7 Å². The number of benzene rings is 2. The molecule has 1 atom stereocenters. The van der Waals surface area contributed by atoms with Crippen LogP contribution in [0.15, 0.2) is 53.9 Å². The lowest BCUT2D eigenvalue weighted by Gasteiger charge is -2.24. The van der Waals surface area contributed by atoms with Crippen LogP contribution in [0.3, 0.4) is 0 Å². The van der Waals surface area contributed by atoms with Crippen molar-refractivity contribution in [2.75, 3.05) is 6.61 Å². The minimum Gasteiger partial charge on any atom is -0.494 e. The number of nitrogens with one attached hydrogen (secondary N) is 1. The number of rotatable bonds is 5. The van der Waals surface area contributed by atoms with Crippen molar-refractivity contribution in [2.45, 2.75) is 12.8 Å². The Labute approximate surface area is 181 Å². The summed E-state index contributed by atoms with van der Waals surface area (Å²) in [5.74, 6) is 0.0676. The maximum atomic E-state index is 11.4. The molecule has 4 rings (SSSR count). The van der Waals surface area contributed by atoms with Gasteiger partial charge in [-0.1, -0.05) is 17.7 Å². The molecule has 31 heavy (non-hydrogen) atoms. The van der Waals surface area contributed by atoms with E-state index in [0.29, 0.717) is 29.2 Å². The third-order valence-electron chi connectivity index (χ3n) is 4.89. The molecule has 1 aliphatic rings. The van der Waals surface area contributed by atoms with Gasteiger partial charge in [0.15, 0.2) is 0 Å². The van der Waals surface area contributed by atoms with Crippen molar-refractivity contribution in [3.63, 3.8) is 0 Å². The molecule has 0 radical (unpaired) electrons. The number of ether oxygens (including phenoxy) is 2. The molecule has 2 aromatic carbocycles. The summed E-state index contributed by atoms with van der Waals surface area (Å²) in [4.78, 5) is 10.8. The SMILES string of the molecule is CCOc1ccc(-c2[nH]nc3c2[C@H](c2ccc(Cl)c([N+](=O)[O-])c2)C(C#N)=C(N)O3)cc1. The summed E-state index contributed by atoms with van der Waals surface area (Å²) < 4.78 is 11.0. The normalized spacial score (nSPS) is 15.1. The van der Waals surface area contributed by atoms with E-state index in [1.54, 1.807) is 6.07 Å². The Hall–Kier alpha value is -4.03. The highest BCUT2D eigenvalue weighted by Gasteiger charge is 2.36. The van der Waals surface area contributed by atoms with Crippen LogP contribution in [0.4, 0.5) is 5.69 Å². The predicted octanol–water partition coefficient (Wildman–Crippen LogP) is 4.26. The van der Waals surface area contributed by atoms with Crippen LogP contribution in [0.25, 0.3) is 11.3 Å². The first-order valence-electron chi connectivity index (χ1n) is 9.27. The average molecular weight is 438 g/mol. The zero-order chi connectivity index (χ0) is 22.1. The third kappa shape index (κ3) is 3.53. The van der Waals surface area contributed by atoms with Crippen molar-refractivity contribution in [3.05, 3.63) is 80.2 Å². The Bertz CT molecular complexity index is 1240. The Kier molecular flexibility index (Phi) is 5.23. The van der Waals surface area contributed by atoms with E-state index in [1.807, 2.05) is 31.2 Å². The van der Waals surface area contributed by atoms with Gasteiger partial charge in [0.25, 0.3) is 5.69 Å². The first kappa shape index (κ1) is 20.3. The molecule has 0 unspecified atom stereocenters. The summed E-state index contributed by atoms with van der Waals surface area (Å²) in [5, 5.41) is 28.3. The Balaban J connectivity index is 1.89. The van der Waals surface area contributed by atoms with Gasteiger partial charge in [-0.15, -0.1) is 5.10 Å². The second kappa shape index (κ2) is 8.01. The van der Waals surface area contributed by atoms with E-state index < -0.39 is 10.8 Å². The topological polar surface area (TPSA) is 140 Å². The van der Waals surface area contributed by atoms with E-state index in [-0.39, 0.29) is 28.0 Å². The number of hydrogen-bond acceptors (Lipinski definition) is 7. The lowest BCUT2D eigenvalue weighted by molar-refractivity contribution is -0.384. The molecule has 1 aliphatic heterocycles. The highest BCUT2D eigenvalue weighted by molar-refractivity contribution is 6.32. The second-order valence-corrected chi connectivity index (χ2v) is 7.07. The first-order valence-corrected chi connectivity index (χ1v) is 9.65. The second-order valence-electron chi connectivity index (χ2n) is 6.67. The van der Waals surface area contributed by atoms with E-state index in [9.17, 15) is 15.4 Å². The molecule has 3 N–H and O–H groups in total. The maximum absolute atomic E-state index is 11.4. The molecule has 156 valence electrons. The number of nitro groups is 1. The molecule has 9 nitrogen and oxygen atoms in total. The minimum absolute atomic E-state index is 0.00424. The number of aromatic nitrogens is 2. The average Bonchev–Trinajstić information content (AvgIpc) is 3.17. The molecule has 0 fully saturated rings. The Morgan fingerprint density at radius 3 is 2.74 bits per heavy atom. The first-order chi connectivity index (χ1) is 14.9. The van der Waals surface area contributed by atoms with Gasteiger partial charge in [0.2, 0.25) is 11.8 Å². The zero-order valence-corrected chi connectivity index (χ0v) is 17.0. The van der Waals surface area contributed by atoms with E-state index in [2.05, 4.69) is 16.3 Å². The van der Waals surface area contributed by atoms with Crippen molar-refractivity contribution >= 4 is 17.3 Å². The van der Waals surface area contributed by atoms with Crippen LogP contribution in [0.5, 0.6) is 11.6 Å². The number of hydrogen-bond donors (Lipinski definition) is 2. The van der Waals surface area contributed by atoms with Crippen LogP contribution >= 0.6 is 11.6 Å². The zero-order valence-electron chi connectivity index (χ0n) is 16.3. The molecular weight excluding hydrogens is 422 g/mol. The highest BCUT2D eigenvalue weighted by Crippen LogP contribution is 2.46. The monoisotopic (exact) mass is 437 g/mol. The fourth-order valence-electron chi connectivity index (χ4n) is 3.53. The number of nitrogens with zero attached hydrogens (tertiary/aromatic N) is 3. The lowest BCUT2D eigenvalue weighted by Crippen LogP contribution is -2.21. The molecule has 0 amide bonds. The van der Waals surface area contributed by atoms with Crippen molar-refractivity contribution in [3.8, 4) is 29.0 Å². The smallest absolute Gasteiger partial charge is 0.288 e. The number of halogens is 1. The molecule has 1 aromatic heterocycles. The lowest BCUT2D eigenvalue weighted by atomic mass is 9.83. The molecule has 0 bridgehead atoms. The van der Waals surface area contributed by atoms with Gasteiger partial charge >= 0.3 is 0 Å². The standard InChI is InChI=1S/C21H16ClN5O4/c1-2-30-13-6-3-11(4-7-13)19-18-17(12-5-8-15(22)16(9-12)27(28)29)14(10-23)20(24)31-21(18)26-25-19/h3-9,17H,2,24H2,1H3,(H,25,26)/t17-/m1/s1. The maximum Gasteiger partial charge on any atom is 0.288 e. The number of nitriles is 1. The van der Waals surface area contributed by atoms with E-state index in [1.165, 1.54) is 12.1 Å². The fourth-order valence-corrected chi connectivity index (χ4v) is 3.72. The van der Waals surface area contributed by atoms with E-state index >= 15 is 0 Å². The summed E-state index contributed by atoms with van der Waals surface area (Å²) in [6, 6.07) is 13.8. The summed E-state index contributed by atoms with van der Waals surface area (Å²) >= 11 is 5.98. The summed E-state index contributed by atoms with van der Waals surface area (Å²) in [6.07, 6.45) is 0. The summed E-state index contributed by atoms with van der Waals surface area (Å²) in [7, 11) is 0. The predicted molar refractivity (Wildman–Crippen MR) is 113 cm³/mol. The van der Waals surface area contributed by atoms with Crippen LogP contribution in [0, 0.1) is 21.4 Å². The molecule has 0 saturated carbocycles. The van der Waals surface area contributed by atoms with E-state index in [4.69, 9.17) is 26.8 Å². The van der Waals surface area contributed by atoms with Crippen molar-refractivity contribution < 1.29 is 14.4 Å². The number of allylic oxidation sites excluding steroid dienone is 1. The number of aromatic amines is 1. The quantitative estimate of drug-likeness (QED) is 0.448. The van der Waals surface area contributed by atoms with Gasteiger partial charge in [-0.05, 0) is 42.8 Å². The van der Waals surface area contributed by atoms with Crippen molar-refractivity contribution in [2.24, 2.45) is 5.73 Å². The number of fused-ring (bicyclic) bond motifs is 1. The van der Waals surface area contributed by atoms with E-state index in [0.717, 1.165) is 5.56 Å².